The third kappa shape index (κ3) is 3.47. The number of oxime groups is 1. The zero-order valence-electron chi connectivity index (χ0n) is 15.1. The smallest absolute Gasteiger partial charge is 0.340 e. The highest BCUT2D eigenvalue weighted by Crippen LogP contribution is 2.30. The Kier molecular flexibility index (Phi) is 5.07. The second-order valence-corrected chi connectivity index (χ2v) is 6.34. The first-order valence-corrected chi connectivity index (χ1v) is 8.41. The van der Waals surface area contributed by atoms with E-state index in [1.807, 2.05) is 56.3 Å². The third-order valence-corrected chi connectivity index (χ3v) is 4.49. The van der Waals surface area contributed by atoms with Crippen molar-refractivity contribution in [2.75, 3.05) is 6.61 Å². The molecule has 26 heavy (non-hydrogen) atoms. The molecular weight excluding hydrogens is 330 g/mol. The number of benzene rings is 2. The van der Waals surface area contributed by atoms with Crippen LogP contribution in [0, 0.1) is 13.8 Å². The normalized spacial score (nSPS) is 11.7. The average Bonchev–Trinajstić information content (AvgIpc) is 2.65. The summed E-state index contributed by atoms with van der Waals surface area (Å²) in [5.41, 5.74) is 4.06. The monoisotopic (exact) mass is 351 g/mol. The largest absolute Gasteiger partial charge is 0.487 e. The predicted octanol–water partition coefficient (Wildman–Crippen LogP) is 4.23. The van der Waals surface area contributed by atoms with Gasteiger partial charge in [-0.1, -0.05) is 35.5 Å². The van der Waals surface area contributed by atoms with Gasteiger partial charge in [0, 0.05) is 22.9 Å². The molecule has 3 aromatic rings. The van der Waals surface area contributed by atoms with Gasteiger partial charge in [-0.15, -0.1) is 0 Å². The van der Waals surface area contributed by atoms with E-state index in [4.69, 9.17) is 14.4 Å². The van der Waals surface area contributed by atoms with E-state index in [0.717, 1.165) is 22.1 Å². The summed E-state index contributed by atoms with van der Waals surface area (Å²) < 4.78 is 11.3. The van der Waals surface area contributed by atoms with E-state index in [2.05, 4.69) is 5.16 Å². The summed E-state index contributed by atoms with van der Waals surface area (Å²) >= 11 is 0. The lowest BCUT2D eigenvalue weighted by molar-refractivity contribution is 0.306. The highest BCUT2D eigenvalue weighted by molar-refractivity contribution is 5.86. The quantitative estimate of drug-likeness (QED) is 0.323. The molecule has 1 aromatic heterocycles. The molecule has 0 atom stereocenters. The van der Waals surface area contributed by atoms with Gasteiger partial charge in [-0.05, 0) is 44.0 Å². The second kappa shape index (κ2) is 7.44. The number of nitrogens with zero attached hydrogens (tertiary/aromatic N) is 1. The fourth-order valence-electron chi connectivity index (χ4n) is 2.94. The van der Waals surface area contributed by atoms with E-state index in [0.29, 0.717) is 29.0 Å². The molecule has 0 radical (unpaired) electrons. The summed E-state index contributed by atoms with van der Waals surface area (Å²) in [4.78, 5) is 12.6. The molecule has 0 spiro atoms. The van der Waals surface area contributed by atoms with Gasteiger partial charge in [0.2, 0.25) is 0 Å². The van der Waals surface area contributed by atoms with Crippen LogP contribution in [0.1, 0.15) is 29.2 Å². The molecular formula is C21H21NO4. The zero-order chi connectivity index (χ0) is 18.7. The van der Waals surface area contributed by atoms with Crippen molar-refractivity contribution in [1.29, 1.82) is 0 Å². The Morgan fingerprint density at radius 2 is 1.85 bits per heavy atom. The van der Waals surface area contributed by atoms with Crippen LogP contribution in [-0.4, -0.2) is 17.5 Å². The zero-order valence-corrected chi connectivity index (χ0v) is 15.1. The molecule has 1 heterocycles. The second-order valence-electron chi connectivity index (χ2n) is 6.34. The Morgan fingerprint density at radius 1 is 1.12 bits per heavy atom. The maximum Gasteiger partial charge on any atom is 0.340 e. The lowest BCUT2D eigenvalue weighted by atomic mass is 9.98. The van der Waals surface area contributed by atoms with E-state index in [1.54, 1.807) is 6.92 Å². The minimum atomic E-state index is -0.327. The molecule has 134 valence electrons. The Hall–Kier alpha value is -3.08. The average molecular weight is 351 g/mol. The van der Waals surface area contributed by atoms with Crippen LogP contribution in [0.2, 0.25) is 0 Å². The van der Waals surface area contributed by atoms with Gasteiger partial charge in [0.15, 0.2) is 0 Å². The van der Waals surface area contributed by atoms with Crippen LogP contribution in [0.15, 0.2) is 56.8 Å². The fourth-order valence-corrected chi connectivity index (χ4v) is 2.94. The number of hydrogen-bond donors (Lipinski definition) is 1. The van der Waals surface area contributed by atoms with Crippen molar-refractivity contribution in [3.63, 3.8) is 0 Å². The Balaban J connectivity index is 2.03. The Morgan fingerprint density at radius 3 is 2.54 bits per heavy atom. The topological polar surface area (TPSA) is 72.0 Å². The molecule has 0 aliphatic heterocycles. The molecule has 0 aliphatic carbocycles. The van der Waals surface area contributed by atoms with Gasteiger partial charge in [-0.3, -0.25) is 0 Å². The van der Waals surface area contributed by atoms with E-state index in [1.165, 1.54) is 0 Å². The van der Waals surface area contributed by atoms with Crippen molar-refractivity contribution in [1.82, 2.24) is 0 Å². The maximum absolute atomic E-state index is 12.6. The maximum atomic E-state index is 12.6. The molecule has 0 aliphatic rings. The van der Waals surface area contributed by atoms with Crippen LogP contribution in [0.5, 0.6) is 5.75 Å². The summed E-state index contributed by atoms with van der Waals surface area (Å²) in [5, 5.41) is 12.7. The number of rotatable bonds is 5. The van der Waals surface area contributed by atoms with Crippen LogP contribution in [0.25, 0.3) is 11.0 Å². The minimum Gasteiger partial charge on any atom is -0.487 e. The summed E-state index contributed by atoms with van der Waals surface area (Å²) in [6, 6.07) is 13.6. The number of hydrogen-bond acceptors (Lipinski definition) is 5. The Labute approximate surface area is 151 Å². The fraction of sp³-hybridized carbons (Fsp3) is 0.238. The summed E-state index contributed by atoms with van der Waals surface area (Å²) in [7, 11) is 0. The van der Waals surface area contributed by atoms with Crippen molar-refractivity contribution >= 4 is 16.7 Å². The van der Waals surface area contributed by atoms with Crippen molar-refractivity contribution in [3.05, 3.63) is 75.1 Å². The molecule has 0 unspecified atom stereocenters. The van der Waals surface area contributed by atoms with Gasteiger partial charge in [0.05, 0.1) is 5.71 Å². The minimum absolute atomic E-state index is 0.165. The molecule has 0 saturated heterocycles. The molecule has 5 nitrogen and oxygen atoms in total. The van der Waals surface area contributed by atoms with Gasteiger partial charge < -0.3 is 14.4 Å². The molecule has 3 rings (SSSR count). The van der Waals surface area contributed by atoms with Crippen LogP contribution < -0.4 is 10.4 Å². The predicted molar refractivity (Wildman–Crippen MR) is 102 cm³/mol. The number of ether oxygens (including phenoxy) is 1. The van der Waals surface area contributed by atoms with E-state index in [9.17, 15) is 4.79 Å². The first-order chi connectivity index (χ1) is 12.5. The summed E-state index contributed by atoms with van der Waals surface area (Å²) in [5.74, 6) is 0.596. The standard InChI is InChI=1S/C21H21NO4/c1-13(22-24)12-25-19-10-9-17-14(2)18(11-16-7-5-4-6-8-16)21(23)26-20(17)15(19)3/h4-10,24H,11-12H2,1-3H3. The van der Waals surface area contributed by atoms with Crippen LogP contribution in [0.4, 0.5) is 0 Å². The van der Waals surface area contributed by atoms with E-state index >= 15 is 0 Å². The third-order valence-electron chi connectivity index (χ3n) is 4.49. The van der Waals surface area contributed by atoms with Crippen LogP contribution >= 0.6 is 0 Å². The highest BCUT2D eigenvalue weighted by atomic mass is 16.5. The Bertz CT molecular complexity index is 1020. The van der Waals surface area contributed by atoms with Gasteiger partial charge in [0.1, 0.15) is 17.9 Å². The first-order valence-electron chi connectivity index (χ1n) is 8.41. The molecule has 5 heteroatoms. The number of aryl methyl sites for hydroxylation is 2. The van der Waals surface area contributed by atoms with E-state index in [-0.39, 0.29) is 12.2 Å². The number of fused-ring (bicyclic) bond motifs is 1. The molecule has 0 fully saturated rings. The highest BCUT2D eigenvalue weighted by Gasteiger charge is 2.15. The molecule has 2 aromatic carbocycles. The van der Waals surface area contributed by atoms with Crippen molar-refractivity contribution in [2.45, 2.75) is 27.2 Å². The van der Waals surface area contributed by atoms with Crippen LogP contribution in [-0.2, 0) is 6.42 Å². The van der Waals surface area contributed by atoms with Gasteiger partial charge in [0.25, 0.3) is 0 Å². The lowest BCUT2D eigenvalue weighted by Crippen LogP contribution is -2.12. The molecule has 1 N–H and O–H groups in total. The molecule has 0 amide bonds. The van der Waals surface area contributed by atoms with Gasteiger partial charge in [-0.25, -0.2) is 4.79 Å². The SMILES string of the molecule is CC(COc1ccc2c(C)c(Cc3ccccc3)c(=O)oc2c1C)=NO. The lowest BCUT2D eigenvalue weighted by Gasteiger charge is -2.13. The van der Waals surface area contributed by atoms with Gasteiger partial charge >= 0.3 is 5.63 Å². The van der Waals surface area contributed by atoms with Crippen molar-refractivity contribution < 1.29 is 14.4 Å². The molecule has 0 bridgehead atoms. The van der Waals surface area contributed by atoms with E-state index < -0.39 is 0 Å². The molecule has 0 saturated carbocycles. The van der Waals surface area contributed by atoms with Crippen molar-refractivity contribution in [2.24, 2.45) is 5.16 Å². The summed E-state index contributed by atoms with van der Waals surface area (Å²) in [6.07, 6.45) is 0.536. The van der Waals surface area contributed by atoms with Gasteiger partial charge in [-0.2, -0.15) is 0 Å². The van der Waals surface area contributed by atoms with Crippen molar-refractivity contribution in [3.8, 4) is 5.75 Å². The summed E-state index contributed by atoms with van der Waals surface area (Å²) in [6.45, 7) is 5.62. The van der Waals surface area contributed by atoms with Crippen LogP contribution in [0.3, 0.4) is 0 Å². The first kappa shape index (κ1) is 17.7.